The molecule has 1 saturated heterocycles. The number of hydrogen-bond acceptors (Lipinski definition) is 5. The number of carbonyl (C=O) groups excluding carboxylic acids is 1. The summed E-state index contributed by atoms with van der Waals surface area (Å²) < 4.78 is 1.75. The summed E-state index contributed by atoms with van der Waals surface area (Å²) in [5, 5.41) is 9.98. The summed E-state index contributed by atoms with van der Waals surface area (Å²) in [4.78, 5) is 44.9. The van der Waals surface area contributed by atoms with Crippen LogP contribution in [-0.4, -0.2) is 44.0 Å². The molecular formula is C19H23N3O4S. The molecule has 2 aromatic heterocycles. The zero-order valence-electron chi connectivity index (χ0n) is 15.4. The van der Waals surface area contributed by atoms with Crippen LogP contribution in [0.15, 0.2) is 4.79 Å². The van der Waals surface area contributed by atoms with Gasteiger partial charge < -0.3 is 10.0 Å². The minimum Gasteiger partial charge on any atom is -0.480 e. The summed E-state index contributed by atoms with van der Waals surface area (Å²) in [7, 11) is 0. The Kier molecular flexibility index (Phi) is 4.75. The smallest absolute Gasteiger partial charge is 0.326 e. The molecule has 1 fully saturated rings. The van der Waals surface area contributed by atoms with Crippen LogP contribution in [0.3, 0.4) is 0 Å². The Morgan fingerprint density at radius 3 is 2.70 bits per heavy atom. The van der Waals surface area contributed by atoms with E-state index < -0.39 is 12.0 Å². The monoisotopic (exact) mass is 389 g/mol. The molecule has 4 heterocycles. The average molecular weight is 389 g/mol. The summed E-state index contributed by atoms with van der Waals surface area (Å²) >= 11 is 1.22. The Labute approximate surface area is 160 Å². The second kappa shape index (κ2) is 7.07. The first kappa shape index (κ1) is 18.2. The van der Waals surface area contributed by atoms with Crippen molar-refractivity contribution in [2.24, 2.45) is 0 Å². The van der Waals surface area contributed by atoms with E-state index in [1.165, 1.54) is 16.2 Å². The van der Waals surface area contributed by atoms with E-state index in [2.05, 4.69) is 0 Å². The number of fused-ring (bicyclic) bond motifs is 2. The molecule has 1 amide bonds. The number of nitrogens with zero attached hydrogens (tertiary/aromatic N) is 3. The third kappa shape index (κ3) is 3.05. The maximum Gasteiger partial charge on any atom is 0.326 e. The number of aliphatic carboxylic acids is 1. The molecule has 1 atom stereocenters. The van der Waals surface area contributed by atoms with Crippen LogP contribution in [0, 0.1) is 6.92 Å². The Balaban J connectivity index is 1.80. The highest BCUT2D eigenvalue weighted by Gasteiger charge is 2.34. The molecule has 4 rings (SSSR count). The van der Waals surface area contributed by atoms with Crippen LogP contribution >= 0.6 is 11.3 Å². The predicted molar refractivity (Wildman–Crippen MR) is 102 cm³/mol. The van der Waals surface area contributed by atoms with E-state index in [4.69, 9.17) is 4.98 Å². The normalized spacial score (nSPS) is 20.3. The minimum atomic E-state index is -0.966. The second-order valence-electron chi connectivity index (χ2n) is 7.38. The van der Waals surface area contributed by atoms with Crippen molar-refractivity contribution in [3.8, 4) is 0 Å². The number of carbonyl (C=O) groups is 2. The number of carboxylic acids is 1. The number of aromatic nitrogens is 2. The number of piperidine rings is 1. The van der Waals surface area contributed by atoms with Crippen LogP contribution in [0.2, 0.25) is 0 Å². The molecule has 0 unspecified atom stereocenters. The van der Waals surface area contributed by atoms with Gasteiger partial charge in [0.2, 0.25) is 0 Å². The van der Waals surface area contributed by atoms with E-state index in [9.17, 15) is 19.5 Å². The second-order valence-corrected chi connectivity index (χ2v) is 8.38. The molecule has 2 aliphatic heterocycles. The number of carboxylic acid groups (broad SMARTS) is 1. The van der Waals surface area contributed by atoms with Crippen molar-refractivity contribution in [3.05, 3.63) is 26.6 Å². The average Bonchev–Trinajstić information content (AvgIpc) is 2.83. The largest absolute Gasteiger partial charge is 0.480 e. The summed E-state index contributed by atoms with van der Waals surface area (Å²) in [5.74, 6) is -0.458. The Hall–Kier alpha value is -2.22. The number of thiophene rings is 1. The highest BCUT2D eigenvalue weighted by Crippen LogP contribution is 2.31. The molecule has 0 bridgehead atoms. The molecule has 2 aliphatic rings. The molecule has 0 radical (unpaired) electrons. The molecule has 2 aromatic rings. The number of hydrogen-bond donors (Lipinski definition) is 1. The van der Waals surface area contributed by atoms with E-state index in [0.29, 0.717) is 40.2 Å². The molecule has 0 aliphatic carbocycles. The fraction of sp³-hybridized carbons (Fsp3) is 0.579. The van der Waals surface area contributed by atoms with Crippen LogP contribution < -0.4 is 5.56 Å². The van der Waals surface area contributed by atoms with Crippen molar-refractivity contribution in [2.45, 2.75) is 64.5 Å². The lowest BCUT2D eigenvalue weighted by Gasteiger charge is -2.32. The highest BCUT2D eigenvalue weighted by molar-refractivity contribution is 7.20. The van der Waals surface area contributed by atoms with Crippen molar-refractivity contribution in [3.63, 3.8) is 0 Å². The fourth-order valence-electron chi connectivity index (χ4n) is 4.18. The van der Waals surface area contributed by atoms with Gasteiger partial charge in [-0.3, -0.25) is 14.2 Å². The zero-order chi connectivity index (χ0) is 19.1. The van der Waals surface area contributed by atoms with Gasteiger partial charge in [0, 0.05) is 19.5 Å². The molecule has 0 aromatic carbocycles. The summed E-state index contributed by atoms with van der Waals surface area (Å²) in [6.45, 7) is 2.88. The van der Waals surface area contributed by atoms with Gasteiger partial charge in [-0.25, -0.2) is 9.78 Å². The van der Waals surface area contributed by atoms with E-state index >= 15 is 0 Å². The molecule has 0 saturated carbocycles. The molecule has 27 heavy (non-hydrogen) atoms. The van der Waals surface area contributed by atoms with Crippen molar-refractivity contribution < 1.29 is 14.7 Å². The SMILES string of the molecule is Cc1c(C(=O)N2CCCC[C@@H]2C(=O)O)sc2nc3n(c(=O)c12)CCCCC3. The van der Waals surface area contributed by atoms with Crippen molar-refractivity contribution >= 4 is 33.4 Å². The first-order valence-corrected chi connectivity index (χ1v) is 10.4. The van der Waals surface area contributed by atoms with Crippen LogP contribution in [0.1, 0.15) is 59.6 Å². The van der Waals surface area contributed by atoms with Crippen LogP contribution in [0.4, 0.5) is 0 Å². The standard InChI is InChI=1S/C19H23N3O4S/c1-11-14-16(20-13-8-3-2-5-10-22(13)17(14)23)27-15(11)18(24)21-9-6-4-7-12(21)19(25)26/h12H,2-10H2,1H3,(H,25,26)/t12-/m1/s1. The molecule has 144 valence electrons. The Morgan fingerprint density at radius 1 is 1.15 bits per heavy atom. The first-order chi connectivity index (χ1) is 13.0. The highest BCUT2D eigenvalue weighted by atomic mass is 32.1. The molecule has 7 nitrogen and oxygen atoms in total. The maximum atomic E-state index is 13.1. The third-order valence-corrected chi connectivity index (χ3v) is 6.83. The summed E-state index contributed by atoms with van der Waals surface area (Å²) in [5.41, 5.74) is 0.560. The number of amides is 1. The molecular weight excluding hydrogens is 366 g/mol. The number of likely N-dealkylation sites (tertiary alicyclic amines) is 1. The summed E-state index contributed by atoms with van der Waals surface area (Å²) in [6.07, 6.45) is 5.92. The number of rotatable bonds is 2. The lowest BCUT2D eigenvalue weighted by atomic mass is 10.0. The van der Waals surface area contributed by atoms with Gasteiger partial charge in [0.05, 0.1) is 10.3 Å². The van der Waals surface area contributed by atoms with E-state index in [1.54, 1.807) is 11.5 Å². The van der Waals surface area contributed by atoms with Gasteiger partial charge in [0.15, 0.2) is 0 Å². The van der Waals surface area contributed by atoms with Crippen LogP contribution in [0.5, 0.6) is 0 Å². The van der Waals surface area contributed by atoms with E-state index in [-0.39, 0.29) is 11.5 Å². The van der Waals surface area contributed by atoms with Gasteiger partial charge in [-0.1, -0.05) is 6.42 Å². The van der Waals surface area contributed by atoms with E-state index in [1.807, 2.05) is 0 Å². The van der Waals surface area contributed by atoms with Crippen molar-refractivity contribution in [2.75, 3.05) is 6.54 Å². The van der Waals surface area contributed by atoms with Gasteiger partial charge in [-0.2, -0.15) is 0 Å². The molecule has 8 heteroatoms. The van der Waals surface area contributed by atoms with Gasteiger partial charge in [0.1, 0.15) is 16.7 Å². The quantitative estimate of drug-likeness (QED) is 0.852. The van der Waals surface area contributed by atoms with Gasteiger partial charge in [-0.05, 0) is 44.6 Å². The lowest BCUT2D eigenvalue weighted by Crippen LogP contribution is -2.47. The van der Waals surface area contributed by atoms with E-state index in [0.717, 1.165) is 44.3 Å². The topological polar surface area (TPSA) is 92.5 Å². The fourth-order valence-corrected chi connectivity index (χ4v) is 5.32. The Morgan fingerprint density at radius 2 is 1.93 bits per heavy atom. The van der Waals surface area contributed by atoms with Crippen molar-refractivity contribution in [1.82, 2.24) is 14.5 Å². The maximum absolute atomic E-state index is 13.1. The lowest BCUT2D eigenvalue weighted by molar-refractivity contribution is -0.143. The van der Waals surface area contributed by atoms with Gasteiger partial charge >= 0.3 is 5.97 Å². The molecule has 0 spiro atoms. The van der Waals surface area contributed by atoms with Gasteiger partial charge in [-0.15, -0.1) is 11.3 Å². The van der Waals surface area contributed by atoms with Crippen molar-refractivity contribution in [1.29, 1.82) is 0 Å². The van der Waals surface area contributed by atoms with Crippen LogP contribution in [0.25, 0.3) is 10.2 Å². The zero-order valence-corrected chi connectivity index (χ0v) is 16.2. The third-order valence-electron chi connectivity index (χ3n) is 5.65. The van der Waals surface area contributed by atoms with Crippen LogP contribution in [-0.2, 0) is 17.8 Å². The van der Waals surface area contributed by atoms with Gasteiger partial charge in [0.25, 0.3) is 11.5 Å². The number of aryl methyl sites for hydroxylation is 2. The summed E-state index contributed by atoms with van der Waals surface area (Å²) in [6, 6.07) is -0.790. The molecule has 1 N–H and O–H groups in total. The predicted octanol–water partition coefficient (Wildman–Crippen LogP) is 2.57. The first-order valence-electron chi connectivity index (χ1n) is 9.55. The minimum absolute atomic E-state index is 0.0712. The Bertz CT molecular complexity index is 977.